The van der Waals surface area contributed by atoms with Gasteiger partial charge in [0.15, 0.2) is 0 Å². The number of nitrogens with one attached hydrogen (secondary N) is 1. The number of halogens is 9. The lowest BCUT2D eigenvalue weighted by molar-refractivity contribution is -0.274. The van der Waals surface area contributed by atoms with E-state index in [0.717, 1.165) is 4.90 Å². The van der Waals surface area contributed by atoms with Crippen LogP contribution in [0.3, 0.4) is 0 Å². The molecule has 0 aliphatic carbocycles. The van der Waals surface area contributed by atoms with Crippen LogP contribution in [0.25, 0.3) is 0 Å². The molecule has 0 spiro atoms. The molecule has 1 aromatic carbocycles. The first kappa shape index (κ1) is 24.0. The zero-order chi connectivity index (χ0) is 17.3. The molecule has 12 heteroatoms. The van der Waals surface area contributed by atoms with Crippen molar-refractivity contribution < 1.29 is 35.5 Å². The lowest BCUT2D eigenvalue weighted by atomic mass is 10.0. The van der Waals surface area contributed by atoms with E-state index in [1.807, 2.05) is 0 Å². The van der Waals surface area contributed by atoms with Gasteiger partial charge in [0.25, 0.3) is 0 Å². The quantitative estimate of drug-likeness (QED) is 0.748. The fraction of sp³-hybridized carbons (Fsp3) is 0.538. The van der Waals surface area contributed by atoms with Crippen molar-refractivity contribution in [3.8, 4) is 5.75 Å². The summed E-state index contributed by atoms with van der Waals surface area (Å²) in [6, 6.07) is -0.709. The lowest BCUT2D eigenvalue weighted by Crippen LogP contribution is -2.49. The Kier molecular flexibility index (Phi) is 8.76. The van der Waals surface area contributed by atoms with E-state index in [9.17, 15) is 30.7 Å². The van der Waals surface area contributed by atoms with E-state index < -0.39 is 35.7 Å². The minimum atomic E-state index is -5.07. The maximum atomic E-state index is 13.9. The Balaban J connectivity index is 0.00000288. The largest absolute Gasteiger partial charge is 0.573 e. The molecule has 1 aromatic rings. The highest BCUT2D eigenvalue weighted by molar-refractivity contribution is 5.85. The summed E-state index contributed by atoms with van der Waals surface area (Å²) in [5, 5.41) is 2.85. The molecule has 0 saturated carbocycles. The van der Waals surface area contributed by atoms with Crippen LogP contribution in [-0.4, -0.2) is 43.6 Å². The van der Waals surface area contributed by atoms with Crippen molar-refractivity contribution >= 4 is 24.8 Å². The molecule has 0 radical (unpaired) electrons. The maximum absolute atomic E-state index is 13.9. The van der Waals surface area contributed by atoms with Crippen LogP contribution in [0.4, 0.5) is 30.7 Å². The number of hydrogen-bond donors (Lipinski definition) is 1. The van der Waals surface area contributed by atoms with Crippen molar-refractivity contribution in [1.82, 2.24) is 10.2 Å². The zero-order valence-electron chi connectivity index (χ0n) is 12.5. The molecule has 0 amide bonds. The highest BCUT2D eigenvalue weighted by Gasteiger charge is 2.46. The Morgan fingerprint density at radius 1 is 1.00 bits per heavy atom. The summed E-state index contributed by atoms with van der Waals surface area (Å²) < 4.78 is 94.1. The van der Waals surface area contributed by atoms with Gasteiger partial charge in [-0.2, -0.15) is 13.2 Å². The molecular weight excluding hydrogens is 404 g/mol. The Labute approximate surface area is 151 Å². The Hall–Kier alpha value is -0.970. The molecule has 1 N–H and O–H groups in total. The Morgan fingerprint density at radius 3 is 2.04 bits per heavy atom. The summed E-state index contributed by atoms with van der Waals surface area (Å²) in [6.45, 7) is 0.530. The molecule has 1 atom stereocenters. The van der Waals surface area contributed by atoms with Crippen LogP contribution >= 0.6 is 24.8 Å². The van der Waals surface area contributed by atoms with Gasteiger partial charge < -0.3 is 10.1 Å². The molecular formula is C13H15Cl2F7N2O. The normalized spacial score (nSPS) is 17.2. The molecule has 0 aromatic heterocycles. The molecule has 3 nitrogen and oxygen atoms in total. The average molecular weight is 419 g/mol. The average Bonchev–Trinajstić information content (AvgIpc) is 2.41. The number of ether oxygens (including phenoxy) is 1. The summed E-state index contributed by atoms with van der Waals surface area (Å²) in [7, 11) is 0. The van der Waals surface area contributed by atoms with Crippen LogP contribution in [0, 0.1) is 5.82 Å². The van der Waals surface area contributed by atoms with Crippen molar-refractivity contribution in [3.63, 3.8) is 0 Å². The third kappa shape index (κ3) is 6.69. The third-order valence-corrected chi connectivity index (χ3v) is 3.32. The number of nitrogens with zero attached hydrogens (tertiary/aromatic N) is 1. The SMILES string of the molecule is Cl.Cl.Fc1ccc(OC(F)(F)F)cc1[C@H](N1CCNCC1)C(F)(F)F. The van der Waals surface area contributed by atoms with Gasteiger partial charge in [-0.1, -0.05) is 0 Å². The number of hydrogen-bond acceptors (Lipinski definition) is 3. The van der Waals surface area contributed by atoms with E-state index in [1.54, 1.807) is 0 Å². The van der Waals surface area contributed by atoms with Crippen LogP contribution in [0.15, 0.2) is 18.2 Å². The molecule has 1 aliphatic heterocycles. The molecule has 1 fully saturated rings. The minimum Gasteiger partial charge on any atom is -0.406 e. The molecule has 25 heavy (non-hydrogen) atoms. The molecule has 0 bridgehead atoms. The van der Waals surface area contributed by atoms with Gasteiger partial charge in [-0.3, -0.25) is 4.90 Å². The summed E-state index contributed by atoms with van der Waals surface area (Å²) >= 11 is 0. The molecule has 1 aliphatic rings. The predicted molar refractivity (Wildman–Crippen MR) is 80.8 cm³/mol. The topological polar surface area (TPSA) is 24.5 Å². The second-order valence-corrected chi connectivity index (χ2v) is 4.96. The smallest absolute Gasteiger partial charge is 0.406 e. The highest BCUT2D eigenvalue weighted by Crippen LogP contribution is 2.40. The van der Waals surface area contributed by atoms with Crippen molar-refractivity contribution in [3.05, 3.63) is 29.6 Å². The molecule has 1 heterocycles. The number of benzene rings is 1. The van der Waals surface area contributed by atoms with Gasteiger partial charge in [-0.15, -0.1) is 38.0 Å². The van der Waals surface area contributed by atoms with Crippen molar-refractivity contribution in [2.75, 3.05) is 26.2 Å². The van der Waals surface area contributed by atoms with Crippen LogP contribution in [0.2, 0.25) is 0 Å². The zero-order valence-corrected chi connectivity index (χ0v) is 14.1. The van der Waals surface area contributed by atoms with Crippen LogP contribution in [-0.2, 0) is 0 Å². The van der Waals surface area contributed by atoms with Gasteiger partial charge in [0.1, 0.15) is 17.6 Å². The molecule has 1 saturated heterocycles. The Bertz CT molecular complexity index is 548. The number of rotatable bonds is 3. The minimum absolute atomic E-state index is 0. The number of piperazine rings is 1. The standard InChI is InChI=1S/C13H13F7N2O.2ClH/c14-10-2-1-8(23-13(18,19)20)7-9(10)11(12(15,16)17)22-5-3-21-4-6-22;;/h1-2,7,11,21H,3-6H2;2*1H/t11-;;/m0../s1. The van der Waals surface area contributed by atoms with Gasteiger partial charge in [0.05, 0.1) is 0 Å². The fourth-order valence-corrected chi connectivity index (χ4v) is 2.45. The van der Waals surface area contributed by atoms with Gasteiger partial charge in [0, 0.05) is 31.7 Å². The van der Waals surface area contributed by atoms with E-state index >= 15 is 0 Å². The summed E-state index contributed by atoms with van der Waals surface area (Å²) in [4.78, 5) is 0.978. The van der Waals surface area contributed by atoms with Crippen LogP contribution in [0.5, 0.6) is 5.75 Å². The monoisotopic (exact) mass is 418 g/mol. The molecule has 2 rings (SSSR count). The predicted octanol–water partition coefficient (Wildman–Crippen LogP) is 4.08. The fourth-order valence-electron chi connectivity index (χ4n) is 2.45. The van der Waals surface area contributed by atoms with E-state index in [4.69, 9.17) is 0 Å². The van der Waals surface area contributed by atoms with Crippen LogP contribution in [0.1, 0.15) is 11.6 Å². The first-order valence-corrected chi connectivity index (χ1v) is 6.64. The second-order valence-electron chi connectivity index (χ2n) is 4.96. The van der Waals surface area contributed by atoms with E-state index in [1.165, 1.54) is 0 Å². The molecule has 0 unspecified atom stereocenters. The van der Waals surface area contributed by atoms with E-state index in [-0.39, 0.29) is 51.0 Å². The van der Waals surface area contributed by atoms with Crippen LogP contribution < -0.4 is 10.1 Å². The highest BCUT2D eigenvalue weighted by atomic mass is 35.5. The van der Waals surface area contributed by atoms with Gasteiger partial charge in [-0.25, -0.2) is 4.39 Å². The van der Waals surface area contributed by atoms with E-state index in [0.29, 0.717) is 18.2 Å². The van der Waals surface area contributed by atoms with Gasteiger partial charge in [0.2, 0.25) is 0 Å². The van der Waals surface area contributed by atoms with Gasteiger partial charge >= 0.3 is 12.5 Å². The van der Waals surface area contributed by atoms with E-state index in [2.05, 4.69) is 10.1 Å². The second kappa shape index (κ2) is 9.11. The number of alkyl halides is 6. The van der Waals surface area contributed by atoms with Crippen molar-refractivity contribution in [2.24, 2.45) is 0 Å². The first-order chi connectivity index (χ1) is 10.6. The first-order valence-electron chi connectivity index (χ1n) is 6.64. The lowest BCUT2D eigenvalue weighted by Gasteiger charge is -2.36. The van der Waals surface area contributed by atoms with Crippen molar-refractivity contribution in [1.29, 1.82) is 0 Å². The maximum Gasteiger partial charge on any atom is 0.573 e. The van der Waals surface area contributed by atoms with Gasteiger partial charge in [-0.05, 0) is 18.2 Å². The Morgan fingerprint density at radius 2 is 1.56 bits per heavy atom. The summed E-state index contributed by atoms with van der Waals surface area (Å²) in [6.07, 6.45) is -9.91. The van der Waals surface area contributed by atoms with Crippen molar-refractivity contribution in [2.45, 2.75) is 18.6 Å². The third-order valence-electron chi connectivity index (χ3n) is 3.32. The molecule has 146 valence electrons. The summed E-state index contributed by atoms with van der Waals surface area (Å²) in [5.74, 6) is -2.13. The summed E-state index contributed by atoms with van der Waals surface area (Å²) in [5.41, 5.74) is -0.888.